The number of carbonyl (C=O) groups is 1. The fourth-order valence-electron chi connectivity index (χ4n) is 1.36. The molecule has 1 aromatic rings. The number of halogens is 1. The van der Waals surface area contributed by atoms with Crippen LogP contribution in [-0.2, 0) is 14.8 Å². The van der Waals surface area contributed by atoms with E-state index in [-0.39, 0.29) is 4.90 Å². The summed E-state index contributed by atoms with van der Waals surface area (Å²) in [6.07, 6.45) is 2.22. The molecule has 8 heteroatoms. The Hall–Kier alpha value is -0.760. The molecule has 1 atom stereocenters. The van der Waals surface area contributed by atoms with Crippen LogP contribution in [0.5, 0.6) is 0 Å². The number of hydrogen-bond donors (Lipinski definition) is 2. The van der Waals surface area contributed by atoms with Crippen LogP contribution in [0.2, 0.25) is 5.02 Å². The molecule has 5 nitrogen and oxygen atoms in total. The van der Waals surface area contributed by atoms with Crippen LogP contribution in [0, 0.1) is 0 Å². The van der Waals surface area contributed by atoms with E-state index in [1.165, 1.54) is 36.0 Å². The Morgan fingerprint density at radius 3 is 2.47 bits per heavy atom. The van der Waals surface area contributed by atoms with Crippen molar-refractivity contribution in [2.75, 3.05) is 12.0 Å². The van der Waals surface area contributed by atoms with Crippen molar-refractivity contribution >= 4 is 39.3 Å². The molecule has 0 aliphatic rings. The molecule has 0 heterocycles. The quantitative estimate of drug-likeness (QED) is 0.790. The maximum absolute atomic E-state index is 12.1. The predicted molar refractivity (Wildman–Crippen MR) is 77.8 cm³/mol. The first-order chi connectivity index (χ1) is 8.86. The van der Waals surface area contributed by atoms with Crippen LogP contribution < -0.4 is 10.5 Å². The van der Waals surface area contributed by atoms with E-state index >= 15 is 0 Å². The molecule has 1 amide bonds. The van der Waals surface area contributed by atoms with Gasteiger partial charge in [0, 0.05) is 5.02 Å². The third-order valence-corrected chi connectivity index (χ3v) is 4.76. The Morgan fingerprint density at radius 1 is 1.42 bits per heavy atom. The molecule has 106 valence electrons. The molecule has 0 radical (unpaired) electrons. The monoisotopic (exact) mass is 322 g/mol. The van der Waals surface area contributed by atoms with Gasteiger partial charge >= 0.3 is 0 Å². The zero-order valence-corrected chi connectivity index (χ0v) is 12.7. The zero-order valence-electron chi connectivity index (χ0n) is 10.3. The second-order valence-electron chi connectivity index (χ2n) is 3.81. The maximum atomic E-state index is 12.1. The van der Waals surface area contributed by atoms with E-state index in [2.05, 4.69) is 4.72 Å². The predicted octanol–water partition coefficient (Wildman–Crippen LogP) is 1.23. The smallest absolute Gasteiger partial charge is 0.241 e. The van der Waals surface area contributed by atoms with Crippen molar-refractivity contribution in [3.05, 3.63) is 29.3 Å². The van der Waals surface area contributed by atoms with Gasteiger partial charge in [-0.25, -0.2) is 8.42 Å². The van der Waals surface area contributed by atoms with Crippen molar-refractivity contribution < 1.29 is 13.2 Å². The summed E-state index contributed by atoms with van der Waals surface area (Å²) >= 11 is 7.21. The minimum absolute atomic E-state index is 0.0484. The highest BCUT2D eigenvalue weighted by atomic mass is 35.5. The van der Waals surface area contributed by atoms with E-state index in [4.69, 9.17) is 17.3 Å². The lowest BCUT2D eigenvalue weighted by Crippen LogP contribution is -2.44. The van der Waals surface area contributed by atoms with Crippen LogP contribution in [0.1, 0.15) is 6.42 Å². The Labute approximate surface area is 121 Å². The zero-order chi connectivity index (χ0) is 14.5. The van der Waals surface area contributed by atoms with Crippen molar-refractivity contribution in [3.63, 3.8) is 0 Å². The number of primary amides is 1. The van der Waals surface area contributed by atoms with Crippen LogP contribution in [-0.4, -0.2) is 32.4 Å². The van der Waals surface area contributed by atoms with Gasteiger partial charge in [-0.1, -0.05) is 11.6 Å². The van der Waals surface area contributed by atoms with E-state index in [1.807, 2.05) is 6.26 Å². The molecule has 1 unspecified atom stereocenters. The standard InChI is InChI=1S/C11H15ClN2O3S2/c1-18-7-6-10(11(13)15)14-19(16,17)9-4-2-8(12)3-5-9/h2-5,10,14H,6-7H2,1H3,(H2,13,15). The molecule has 0 fully saturated rings. The van der Waals surface area contributed by atoms with E-state index in [0.717, 1.165) is 0 Å². The Morgan fingerprint density at radius 2 is 2.00 bits per heavy atom. The van der Waals surface area contributed by atoms with E-state index in [1.54, 1.807) is 0 Å². The van der Waals surface area contributed by atoms with Gasteiger partial charge in [-0.3, -0.25) is 4.79 Å². The number of amides is 1. The molecule has 0 saturated carbocycles. The van der Waals surface area contributed by atoms with Gasteiger partial charge in [0.25, 0.3) is 0 Å². The summed E-state index contributed by atoms with van der Waals surface area (Å²) in [5, 5.41) is 0.438. The fraction of sp³-hybridized carbons (Fsp3) is 0.364. The molecule has 0 saturated heterocycles. The van der Waals surface area contributed by atoms with Crippen LogP contribution in [0.15, 0.2) is 29.2 Å². The van der Waals surface area contributed by atoms with Crippen LogP contribution in [0.4, 0.5) is 0 Å². The Bertz CT molecular complexity index is 531. The van der Waals surface area contributed by atoms with Gasteiger partial charge in [0.05, 0.1) is 4.90 Å². The van der Waals surface area contributed by atoms with Crippen LogP contribution in [0.25, 0.3) is 0 Å². The van der Waals surface area contributed by atoms with Gasteiger partial charge in [-0.05, 0) is 42.7 Å². The second kappa shape index (κ2) is 7.14. The van der Waals surface area contributed by atoms with Gasteiger partial charge in [-0.2, -0.15) is 16.5 Å². The summed E-state index contributed by atoms with van der Waals surface area (Å²) in [6, 6.07) is 4.77. The summed E-state index contributed by atoms with van der Waals surface area (Å²) in [5.41, 5.74) is 5.19. The first-order valence-electron chi connectivity index (χ1n) is 5.43. The molecular weight excluding hydrogens is 308 g/mol. The highest BCUT2D eigenvalue weighted by Gasteiger charge is 2.23. The number of benzene rings is 1. The largest absolute Gasteiger partial charge is 0.368 e. The lowest BCUT2D eigenvalue weighted by molar-refractivity contribution is -0.119. The van der Waals surface area contributed by atoms with E-state index in [0.29, 0.717) is 17.2 Å². The minimum atomic E-state index is -3.77. The van der Waals surface area contributed by atoms with Crippen molar-refractivity contribution in [2.24, 2.45) is 5.73 Å². The number of rotatable bonds is 7. The number of carbonyl (C=O) groups excluding carboxylic acids is 1. The number of nitrogens with one attached hydrogen (secondary N) is 1. The summed E-state index contributed by atoms with van der Waals surface area (Å²) < 4.78 is 26.4. The van der Waals surface area contributed by atoms with Crippen LogP contribution in [0.3, 0.4) is 0 Å². The molecule has 0 spiro atoms. The number of hydrogen-bond acceptors (Lipinski definition) is 4. The molecule has 0 aliphatic heterocycles. The maximum Gasteiger partial charge on any atom is 0.241 e. The van der Waals surface area contributed by atoms with E-state index in [9.17, 15) is 13.2 Å². The highest BCUT2D eigenvalue weighted by Crippen LogP contribution is 2.15. The van der Waals surface area contributed by atoms with Crippen molar-refractivity contribution in [1.29, 1.82) is 0 Å². The second-order valence-corrected chi connectivity index (χ2v) is 6.95. The van der Waals surface area contributed by atoms with Crippen molar-refractivity contribution in [3.8, 4) is 0 Å². The van der Waals surface area contributed by atoms with Crippen molar-refractivity contribution in [1.82, 2.24) is 4.72 Å². The lowest BCUT2D eigenvalue weighted by atomic mass is 10.2. The third-order valence-electron chi connectivity index (χ3n) is 2.38. The molecule has 19 heavy (non-hydrogen) atoms. The molecule has 1 aromatic carbocycles. The van der Waals surface area contributed by atoms with Gasteiger partial charge in [0.15, 0.2) is 0 Å². The molecule has 3 N–H and O–H groups in total. The third kappa shape index (κ3) is 5.02. The fourth-order valence-corrected chi connectivity index (χ4v) is 3.20. The number of nitrogens with two attached hydrogens (primary N) is 1. The van der Waals surface area contributed by atoms with Gasteiger partial charge in [-0.15, -0.1) is 0 Å². The Balaban J connectivity index is 2.87. The highest BCUT2D eigenvalue weighted by molar-refractivity contribution is 7.98. The molecule has 0 aliphatic carbocycles. The van der Waals surface area contributed by atoms with Gasteiger partial charge in [0.2, 0.25) is 15.9 Å². The SMILES string of the molecule is CSCCC(NS(=O)(=O)c1ccc(Cl)cc1)C(N)=O. The van der Waals surface area contributed by atoms with E-state index < -0.39 is 22.0 Å². The molecule has 1 rings (SSSR count). The van der Waals surface area contributed by atoms with Crippen molar-refractivity contribution in [2.45, 2.75) is 17.4 Å². The first kappa shape index (κ1) is 16.3. The first-order valence-corrected chi connectivity index (χ1v) is 8.68. The van der Waals surface area contributed by atoms with Gasteiger partial charge < -0.3 is 5.73 Å². The van der Waals surface area contributed by atoms with Gasteiger partial charge in [0.1, 0.15) is 6.04 Å². The summed E-state index contributed by atoms with van der Waals surface area (Å²) in [5.74, 6) is -0.0527. The average molecular weight is 323 g/mol. The molecule has 0 aromatic heterocycles. The number of thioether (sulfide) groups is 1. The van der Waals surface area contributed by atoms with Crippen LogP contribution >= 0.6 is 23.4 Å². The topological polar surface area (TPSA) is 89.3 Å². The Kier molecular flexibility index (Phi) is 6.12. The normalized spacial score (nSPS) is 13.2. The summed E-state index contributed by atoms with van der Waals surface area (Å²) in [7, 11) is -3.77. The molecule has 0 bridgehead atoms. The summed E-state index contributed by atoms with van der Waals surface area (Å²) in [4.78, 5) is 11.3. The lowest BCUT2D eigenvalue weighted by Gasteiger charge is -2.15. The molecular formula is C11H15ClN2O3S2. The number of sulfonamides is 1. The average Bonchev–Trinajstić information content (AvgIpc) is 2.34. The minimum Gasteiger partial charge on any atom is -0.368 e. The summed E-state index contributed by atoms with van der Waals surface area (Å²) in [6.45, 7) is 0.